The van der Waals surface area contributed by atoms with Gasteiger partial charge in [-0.2, -0.15) is 0 Å². The average Bonchev–Trinajstić information content (AvgIpc) is 3.49. The fourth-order valence-electron chi connectivity index (χ4n) is 6.84. The number of aromatic nitrogens is 1. The summed E-state index contributed by atoms with van der Waals surface area (Å²) in [5.41, 5.74) is 10.2. The van der Waals surface area contributed by atoms with E-state index in [1.165, 1.54) is 87.5 Å². The number of aryl methyl sites for hydroxylation is 1. The molecule has 1 nitrogen and oxygen atoms in total. The van der Waals surface area contributed by atoms with E-state index in [1.54, 1.807) is 0 Å². The number of nitrogens with zero attached hydrogens (tertiary/aromatic N) is 1. The lowest BCUT2D eigenvalue weighted by Crippen LogP contribution is -1.87. The zero-order valence-corrected chi connectivity index (χ0v) is 22.1. The van der Waals surface area contributed by atoms with Crippen molar-refractivity contribution < 1.29 is 0 Å². The molecule has 0 aliphatic carbocycles. The Morgan fingerprint density at radius 1 is 0.400 bits per heavy atom. The summed E-state index contributed by atoms with van der Waals surface area (Å²) in [6, 6.07) is 49.5. The van der Waals surface area contributed by atoms with Crippen molar-refractivity contribution in [1.82, 2.24) is 4.40 Å². The molecule has 2 heterocycles. The van der Waals surface area contributed by atoms with Crippen LogP contribution in [-0.2, 0) is 0 Å². The Labute approximate surface area is 231 Å². The molecule has 0 unspecified atom stereocenters. The summed E-state index contributed by atoms with van der Waals surface area (Å²) in [7, 11) is 0. The van der Waals surface area contributed by atoms with Gasteiger partial charge in [0.05, 0.1) is 16.6 Å². The van der Waals surface area contributed by atoms with Crippen LogP contribution >= 0.6 is 0 Å². The lowest BCUT2D eigenvalue weighted by molar-refractivity contribution is 1.38. The SMILES string of the molecule is Cc1ccc(-c2cc3c4cc5ccccc5cc4n4c5cc6ccccc6cc5c(c2)c34)c(-c2ccccc2)c1. The monoisotopic (exact) mass is 507 g/mol. The largest absolute Gasteiger partial charge is 0.308 e. The van der Waals surface area contributed by atoms with Crippen LogP contribution in [0.4, 0.5) is 0 Å². The Bertz CT molecular complexity index is 2300. The van der Waals surface area contributed by atoms with Crippen LogP contribution in [0.25, 0.3) is 81.9 Å². The number of hydrogen-bond donors (Lipinski definition) is 0. The van der Waals surface area contributed by atoms with Gasteiger partial charge in [0.2, 0.25) is 0 Å². The van der Waals surface area contributed by atoms with Crippen molar-refractivity contribution in [3.8, 4) is 22.3 Å². The molecule has 186 valence electrons. The third kappa shape index (κ3) is 2.98. The van der Waals surface area contributed by atoms with E-state index in [0.717, 1.165) is 0 Å². The summed E-state index contributed by atoms with van der Waals surface area (Å²) in [5, 5.41) is 10.3. The number of rotatable bonds is 2. The minimum absolute atomic E-state index is 1.25. The second kappa shape index (κ2) is 7.94. The van der Waals surface area contributed by atoms with Gasteiger partial charge in [-0.3, -0.25) is 0 Å². The van der Waals surface area contributed by atoms with Crippen LogP contribution in [-0.4, -0.2) is 4.40 Å². The van der Waals surface area contributed by atoms with Crippen LogP contribution in [0.3, 0.4) is 0 Å². The van der Waals surface area contributed by atoms with Gasteiger partial charge in [0.25, 0.3) is 0 Å². The topological polar surface area (TPSA) is 4.41 Å². The second-order valence-electron chi connectivity index (χ2n) is 11.1. The zero-order chi connectivity index (χ0) is 26.4. The fraction of sp³-hybridized carbons (Fsp3) is 0.0256. The van der Waals surface area contributed by atoms with Crippen LogP contribution < -0.4 is 0 Å². The van der Waals surface area contributed by atoms with E-state index in [2.05, 4.69) is 145 Å². The van der Waals surface area contributed by atoms with Gasteiger partial charge in [0, 0.05) is 21.5 Å². The maximum absolute atomic E-state index is 2.51. The molecule has 2 aromatic heterocycles. The van der Waals surface area contributed by atoms with Crippen LogP contribution in [0.1, 0.15) is 5.56 Å². The Hall–Kier alpha value is -5.14. The Balaban J connectivity index is 1.48. The molecule has 1 heteroatoms. The molecule has 7 aromatic carbocycles. The van der Waals surface area contributed by atoms with E-state index < -0.39 is 0 Å². The fourth-order valence-corrected chi connectivity index (χ4v) is 6.84. The summed E-state index contributed by atoms with van der Waals surface area (Å²) >= 11 is 0. The van der Waals surface area contributed by atoms with Crippen molar-refractivity contribution in [3.05, 3.63) is 139 Å². The molecule has 0 aliphatic rings. The van der Waals surface area contributed by atoms with E-state index in [9.17, 15) is 0 Å². The first-order valence-corrected chi connectivity index (χ1v) is 13.9. The molecule has 9 rings (SSSR count). The highest BCUT2D eigenvalue weighted by Gasteiger charge is 2.21. The Kier molecular flexibility index (Phi) is 4.32. The molecular formula is C39H25N. The van der Waals surface area contributed by atoms with Gasteiger partial charge >= 0.3 is 0 Å². The highest BCUT2D eigenvalue weighted by molar-refractivity contribution is 6.27. The van der Waals surface area contributed by atoms with Crippen molar-refractivity contribution in [1.29, 1.82) is 0 Å². The molecule has 0 N–H and O–H groups in total. The Morgan fingerprint density at radius 3 is 1.50 bits per heavy atom. The van der Waals surface area contributed by atoms with Gasteiger partial charge in [0.15, 0.2) is 0 Å². The maximum Gasteiger partial charge on any atom is 0.0620 e. The highest BCUT2D eigenvalue weighted by Crippen LogP contribution is 2.45. The predicted octanol–water partition coefficient (Wildman–Crippen LogP) is 10.8. The van der Waals surface area contributed by atoms with Crippen molar-refractivity contribution in [2.45, 2.75) is 6.92 Å². The van der Waals surface area contributed by atoms with Crippen LogP contribution in [0.2, 0.25) is 0 Å². The normalized spacial score (nSPS) is 12.1. The predicted molar refractivity (Wildman–Crippen MR) is 172 cm³/mol. The van der Waals surface area contributed by atoms with Crippen molar-refractivity contribution in [2.24, 2.45) is 0 Å². The van der Waals surface area contributed by atoms with E-state index in [4.69, 9.17) is 0 Å². The van der Waals surface area contributed by atoms with Gasteiger partial charge in [-0.1, -0.05) is 103 Å². The first kappa shape index (κ1) is 21.8. The van der Waals surface area contributed by atoms with Crippen molar-refractivity contribution in [3.63, 3.8) is 0 Å². The summed E-state index contributed by atoms with van der Waals surface area (Å²) in [4.78, 5) is 0. The molecule has 40 heavy (non-hydrogen) atoms. The second-order valence-corrected chi connectivity index (χ2v) is 11.1. The van der Waals surface area contributed by atoms with Crippen LogP contribution in [0.15, 0.2) is 133 Å². The molecule has 0 amide bonds. The van der Waals surface area contributed by atoms with Gasteiger partial charge in [-0.25, -0.2) is 0 Å². The quantitative estimate of drug-likeness (QED) is 0.219. The van der Waals surface area contributed by atoms with Crippen LogP contribution in [0, 0.1) is 6.92 Å². The number of hydrogen-bond acceptors (Lipinski definition) is 0. The average molecular weight is 508 g/mol. The molecule has 0 saturated carbocycles. The van der Waals surface area contributed by atoms with Gasteiger partial charge in [0.1, 0.15) is 0 Å². The van der Waals surface area contributed by atoms with Gasteiger partial charge < -0.3 is 4.40 Å². The van der Waals surface area contributed by atoms with E-state index in [1.807, 2.05) is 0 Å². The minimum atomic E-state index is 1.25. The molecule has 0 bridgehead atoms. The van der Waals surface area contributed by atoms with E-state index in [0.29, 0.717) is 0 Å². The first-order chi connectivity index (χ1) is 19.7. The summed E-state index contributed by atoms with van der Waals surface area (Å²) in [6.45, 7) is 2.18. The summed E-state index contributed by atoms with van der Waals surface area (Å²) in [5.74, 6) is 0. The third-order valence-corrected chi connectivity index (χ3v) is 8.69. The lowest BCUT2D eigenvalue weighted by atomic mass is 9.91. The van der Waals surface area contributed by atoms with Crippen LogP contribution in [0.5, 0.6) is 0 Å². The Morgan fingerprint density at radius 2 is 0.925 bits per heavy atom. The van der Waals surface area contributed by atoms with Gasteiger partial charge in [-0.05, 0) is 87.1 Å². The molecular weight excluding hydrogens is 482 g/mol. The summed E-state index contributed by atoms with van der Waals surface area (Å²) in [6.07, 6.45) is 0. The van der Waals surface area contributed by atoms with E-state index in [-0.39, 0.29) is 0 Å². The van der Waals surface area contributed by atoms with Crippen molar-refractivity contribution in [2.75, 3.05) is 0 Å². The van der Waals surface area contributed by atoms with E-state index >= 15 is 0 Å². The van der Waals surface area contributed by atoms with Gasteiger partial charge in [-0.15, -0.1) is 0 Å². The molecule has 0 saturated heterocycles. The molecule has 0 atom stereocenters. The van der Waals surface area contributed by atoms with Crippen molar-refractivity contribution >= 4 is 59.6 Å². The highest BCUT2D eigenvalue weighted by atomic mass is 14.9. The smallest absolute Gasteiger partial charge is 0.0620 e. The zero-order valence-electron chi connectivity index (χ0n) is 22.1. The maximum atomic E-state index is 2.51. The number of benzene rings is 7. The minimum Gasteiger partial charge on any atom is -0.308 e. The standard InChI is InChI=1S/C39H25N/c1-24-15-16-31(32(17-24)25-9-3-2-4-10-25)30-20-35-33-18-26-11-5-7-13-28(26)22-37(33)40-38-23-29-14-8-6-12-27(29)19-34(38)36(21-30)39(35)40/h2-23H,1H3. The third-order valence-electron chi connectivity index (χ3n) is 8.69. The molecule has 0 spiro atoms. The molecule has 0 aliphatic heterocycles. The number of fused-ring (bicyclic) bond motifs is 8. The summed E-state index contributed by atoms with van der Waals surface area (Å²) < 4.78 is 2.51. The lowest BCUT2D eigenvalue weighted by Gasteiger charge is -2.12. The molecule has 0 fully saturated rings. The molecule has 9 aromatic rings. The first-order valence-electron chi connectivity index (χ1n) is 13.9. The molecule has 0 radical (unpaired) electrons.